The number of anilines is 2. The van der Waals surface area contributed by atoms with Gasteiger partial charge in [-0.3, -0.25) is 4.79 Å². The molecule has 1 amide bonds. The van der Waals surface area contributed by atoms with E-state index in [0.29, 0.717) is 69.1 Å². The molecule has 3 aliphatic heterocycles. The molecule has 212 valence electrons. The Morgan fingerprint density at radius 3 is 2.63 bits per heavy atom. The van der Waals surface area contributed by atoms with Gasteiger partial charge in [-0.1, -0.05) is 30.8 Å². The smallest absolute Gasteiger partial charge is 0.246 e. The first kappa shape index (κ1) is 27.0. The van der Waals surface area contributed by atoms with Crippen molar-refractivity contribution in [1.82, 2.24) is 14.8 Å². The summed E-state index contributed by atoms with van der Waals surface area (Å²) in [6.45, 7) is 8.59. The molecule has 0 aliphatic carbocycles. The average Bonchev–Trinajstić information content (AvgIpc) is 3.42. The van der Waals surface area contributed by atoms with Gasteiger partial charge in [0.1, 0.15) is 24.1 Å². The van der Waals surface area contributed by atoms with Gasteiger partial charge < -0.3 is 24.3 Å². The summed E-state index contributed by atoms with van der Waals surface area (Å²) >= 11 is 0. The van der Waals surface area contributed by atoms with E-state index in [4.69, 9.17) is 9.72 Å². The fourth-order valence-electron chi connectivity index (χ4n) is 6.48. The van der Waals surface area contributed by atoms with Crippen molar-refractivity contribution in [3.63, 3.8) is 0 Å². The zero-order valence-corrected chi connectivity index (χ0v) is 23.5. The van der Waals surface area contributed by atoms with Crippen LogP contribution in [0.4, 0.5) is 15.8 Å². The highest BCUT2D eigenvalue weighted by atomic mass is 19.1. The molecule has 0 N–H and O–H groups in total. The van der Waals surface area contributed by atoms with Crippen molar-refractivity contribution >= 4 is 28.1 Å². The third-order valence-corrected chi connectivity index (χ3v) is 8.74. The van der Waals surface area contributed by atoms with Crippen LogP contribution in [0.5, 0.6) is 5.88 Å². The molecule has 2 saturated heterocycles. The molecule has 1 aromatic heterocycles. The summed E-state index contributed by atoms with van der Waals surface area (Å²) in [6.07, 6.45) is 4.19. The maximum Gasteiger partial charge on any atom is 0.246 e. The Labute approximate surface area is 240 Å². The minimum absolute atomic E-state index is 0.0791. The molecule has 0 unspecified atom stereocenters. The third-order valence-electron chi connectivity index (χ3n) is 8.74. The number of benzene rings is 2. The van der Waals surface area contributed by atoms with Crippen molar-refractivity contribution < 1.29 is 13.9 Å². The average molecular weight is 555 g/mol. The number of nitriles is 1. The minimum Gasteiger partial charge on any atom is -0.475 e. The van der Waals surface area contributed by atoms with E-state index < -0.39 is 0 Å². The van der Waals surface area contributed by atoms with E-state index in [1.807, 2.05) is 24.3 Å². The largest absolute Gasteiger partial charge is 0.475 e. The fraction of sp³-hybridized carbons (Fsp3) is 0.406. The summed E-state index contributed by atoms with van der Waals surface area (Å²) in [4.78, 5) is 25.6. The van der Waals surface area contributed by atoms with E-state index in [2.05, 4.69) is 34.4 Å². The van der Waals surface area contributed by atoms with Crippen LogP contribution < -0.4 is 14.5 Å². The number of likely N-dealkylation sites (N-methyl/N-ethyl adjacent to an activating group) is 1. The zero-order chi connectivity index (χ0) is 28.5. The van der Waals surface area contributed by atoms with Gasteiger partial charge in [-0.05, 0) is 56.4 Å². The lowest BCUT2D eigenvalue weighted by atomic mass is 9.97. The number of fused-ring (bicyclic) bond motifs is 2. The lowest BCUT2D eigenvalue weighted by Gasteiger charge is -2.39. The highest BCUT2D eigenvalue weighted by Crippen LogP contribution is 2.39. The van der Waals surface area contributed by atoms with Crippen LogP contribution in [0.1, 0.15) is 29.7 Å². The van der Waals surface area contributed by atoms with Gasteiger partial charge in [-0.2, -0.15) is 5.26 Å². The Morgan fingerprint density at radius 1 is 1.15 bits per heavy atom. The summed E-state index contributed by atoms with van der Waals surface area (Å²) in [5.41, 5.74) is 4.04. The van der Waals surface area contributed by atoms with E-state index in [-0.39, 0.29) is 17.8 Å². The number of carbonyl (C=O) groups is 1. The van der Waals surface area contributed by atoms with Crippen molar-refractivity contribution in [2.75, 3.05) is 62.7 Å². The van der Waals surface area contributed by atoms with Gasteiger partial charge in [0.25, 0.3) is 0 Å². The molecule has 2 fully saturated rings. The predicted octanol–water partition coefficient (Wildman–Crippen LogP) is 4.12. The van der Waals surface area contributed by atoms with Crippen molar-refractivity contribution in [2.24, 2.45) is 0 Å². The standard InChI is InChI=1S/C32H35FN6O2/c1-3-29(40)37-15-17-38(18-16-37)31-24-12-14-39(28-11-5-8-22-7-4-10-26(33)30(22)28)20-27(24)35-32(25(31)19-34)41-21-23-9-6-13-36(23)2/h3-5,7-8,10-11,23H,1,6,9,12-18,20-21H2,2H3/t23-/m0/s1. The summed E-state index contributed by atoms with van der Waals surface area (Å²) < 4.78 is 21.3. The van der Waals surface area contributed by atoms with Crippen LogP contribution in [0.2, 0.25) is 0 Å². The number of amides is 1. The molecule has 41 heavy (non-hydrogen) atoms. The summed E-state index contributed by atoms with van der Waals surface area (Å²) in [5, 5.41) is 11.9. The number of likely N-dealkylation sites (tertiary alicyclic amines) is 1. The molecule has 8 nitrogen and oxygen atoms in total. The van der Waals surface area contributed by atoms with Gasteiger partial charge in [-0.15, -0.1) is 0 Å². The molecule has 9 heteroatoms. The van der Waals surface area contributed by atoms with Crippen LogP contribution in [-0.4, -0.2) is 79.7 Å². The third kappa shape index (κ3) is 5.08. The molecular formula is C32H35FN6O2. The maximum atomic E-state index is 15.0. The number of pyridine rings is 1. The molecule has 0 saturated carbocycles. The summed E-state index contributed by atoms with van der Waals surface area (Å²) in [5.74, 6) is 0.0377. The van der Waals surface area contributed by atoms with Crippen molar-refractivity contribution in [2.45, 2.75) is 31.8 Å². The number of rotatable bonds is 6. The van der Waals surface area contributed by atoms with E-state index in [9.17, 15) is 10.1 Å². The zero-order valence-electron chi connectivity index (χ0n) is 23.5. The first-order valence-electron chi connectivity index (χ1n) is 14.4. The topological polar surface area (TPSA) is 75.9 Å². The number of carbonyl (C=O) groups excluding carboxylic acids is 1. The molecule has 1 atom stereocenters. The van der Waals surface area contributed by atoms with Crippen LogP contribution in [0.15, 0.2) is 49.1 Å². The monoisotopic (exact) mass is 554 g/mol. The number of ether oxygens (including phenoxy) is 1. The lowest BCUT2D eigenvalue weighted by molar-refractivity contribution is -0.126. The summed E-state index contributed by atoms with van der Waals surface area (Å²) in [7, 11) is 2.10. The first-order chi connectivity index (χ1) is 20.0. The molecule has 6 rings (SSSR count). The van der Waals surface area contributed by atoms with E-state index >= 15 is 4.39 Å². The molecule has 2 aromatic carbocycles. The van der Waals surface area contributed by atoms with E-state index in [0.717, 1.165) is 47.4 Å². The number of hydrogen-bond donors (Lipinski definition) is 0. The quantitative estimate of drug-likeness (QED) is 0.425. The van der Waals surface area contributed by atoms with Gasteiger partial charge in [0.05, 0.1) is 17.9 Å². The molecule has 3 aromatic rings. The van der Waals surface area contributed by atoms with Gasteiger partial charge in [0.15, 0.2) is 0 Å². The highest BCUT2D eigenvalue weighted by Gasteiger charge is 2.32. The Morgan fingerprint density at radius 2 is 1.93 bits per heavy atom. The van der Waals surface area contributed by atoms with Gasteiger partial charge in [0.2, 0.25) is 11.8 Å². The maximum absolute atomic E-state index is 15.0. The Balaban J connectivity index is 1.38. The summed E-state index contributed by atoms with van der Waals surface area (Å²) in [6, 6.07) is 13.7. The van der Waals surface area contributed by atoms with Crippen molar-refractivity contribution in [3.05, 3.63) is 71.7 Å². The number of hydrogen-bond acceptors (Lipinski definition) is 7. The predicted molar refractivity (Wildman–Crippen MR) is 158 cm³/mol. The van der Waals surface area contributed by atoms with Gasteiger partial charge >= 0.3 is 0 Å². The minimum atomic E-state index is -0.242. The molecule has 0 radical (unpaired) electrons. The number of halogens is 1. The van der Waals surface area contributed by atoms with Gasteiger partial charge in [0, 0.05) is 55.4 Å². The second-order valence-electron chi connectivity index (χ2n) is 11.1. The number of piperazine rings is 1. The lowest BCUT2D eigenvalue weighted by Crippen LogP contribution is -2.49. The Kier molecular flexibility index (Phi) is 7.50. The van der Waals surface area contributed by atoms with Crippen molar-refractivity contribution in [3.8, 4) is 11.9 Å². The molecule has 4 heterocycles. The van der Waals surface area contributed by atoms with E-state index in [1.54, 1.807) is 11.0 Å². The van der Waals surface area contributed by atoms with Crippen molar-refractivity contribution in [1.29, 1.82) is 5.26 Å². The number of aromatic nitrogens is 1. The Bertz CT molecular complexity index is 1520. The second kappa shape index (κ2) is 11.4. The Hall–Kier alpha value is -4.16. The van der Waals surface area contributed by atoms with Crippen LogP contribution >= 0.6 is 0 Å². The first-order valence-corrected chi connectivity index (χ1v) is 14.4. The number of nitrogens with zero attached hydrogens (tertiary/aromatic N) is 6. The van der Waals surface area contributed by atoms with Gasteiger partial charge in [-0.25, -0.2) is 9.37 Å². The SMILES string of the molecule is C=CC(=O)N1CCN(c2c(C#N)c(OC[C@@H]3CCCN3C)nc3c2CCN(c2cccc4cccc(F)c24)C3)CC1. The molecule has 3 aliphatic rings. The van der Waals surface area contributed by atoms with Crippen LogP contribution in [0.3, 0.4) is 0 Å². The van der Waals surface area contributed by atoms with Crippen LogP contribution in [-0.2, 0) is 17.8 Å². The molecule has 0 bridgehead atoms. The van der Waals surface area contributed by atoms with Crippen LogP contribution in [0, 0.1) is 17.1 Å². The molecular weight excluding hydrogens is 519 g/mol. The normalized spacial score (nSPS) is 19.2. The molecule has 0 spiro atoms. The van der Waals surface area contributed by atoms with E-state index in [1.165, 1.54) is 12.1 Å². The second-order valence-corrected chi connectivity index (χ2v) is 11.1. The highest BCUT2D eigenvalue weighted by molar-refractivity contribution is 5.95. The fourth-order valence-corrected chi connectivity index (χ4v) is 6.48. The van der Waals surface area contributed by atoms with Crippen LogP contribution in [0.25, 0.3) is 10.8 Å².